The van der Waals surface area contributed by atoms with E-state index in [1.54, 1.807) is 0 Å². The largest absolute Gasteiger partial charge is 0.549 e. The van der Waals surface area contributed by atoms with Crippen LogP contribution in [-0.2, 0) is 30.6 Å². The van der Waals surface area contributed by atoms with Crippen LogP contribution in [0.15, 0.2) is 0 Å². The van der Waals surface area contributed by atoms with Crippen LogP contribution in [0.4, 0.5) is 0 Å². The summed E-state index contributed by atoms with van der Waals surface area (Å²) in [5, 5.41) is 2.50. The second-order valence-electron chi connectivity index (χ2n) is 3.80. The van der Waals surface area contributed by atoms with E-state index in [0.717, 1.165) is 19.1 Å². The van der Waals surface area contributed by atoms with Crippen LogP contribution in [0, 0.1) is 12.0 Å². The average Bonchev–Trinajstić information content (AvgIpc) is 2.13. The van der Waals surface area contributed by atoms with Crippen LogP contribution in [0.25, 0.3) is 0 Å². The molecule has 0 saturated heterocycles. The van der Waals surface area contributed by atoms with Gasteiger partial charge in [-0.2, -0.15) is 13.0 Å². The molecule has 0 heterocycles. The number of hydrogen-bond acceptors (Lipinski definition) is 2. The second kappa shape index (κ2) is 11.0. The predicted molar refractivity (Wildman–Crippen MR) is 61.4 cm³/mol. The second-order valence-corrected chi connectivity index (χ2v) is 4.09. The van der Waals surface area contributed by atoms with Crippen LogP contribution in [0.1, 0.15) is 40.0 Å². The summed E-state index contributed by atoms with van der Waals surface area (Å²) in [5.74, 6) is 0.694. The summed E-state index contributed by atoms with van der Waals surface area (Å²) in [6.07, 6.45) is 3.21. The maximum atomic E-state index is 10.9. The SMILES string of the molecule is C[C-](CCC(=O)NP)OCCC(C)C.[W]. The smallest absolute Gasteiger partial charge is 0.220 e. The van der Waals surface area contributed by atoms with Crippen molar-refractivity contribution in [1.82, 2.24) is 5.09 Å². The fourth-order valence-corrected chi connectivity index (χ4v) is 1.05. The Morgan fingerprint density at radius 1 is 1.53 bits per heavy atom. The van der Waals surface area contributed by atoms with Gasteiger partial charge in [-0.15, -0.1) is 6.42 Å². The normalized spacial score (nSPS) is 10.3. The molecule has 0 saturated carbocycles. The van der Waals surface area contributed by atoms with Crippen molar-refractivity contribution in [2.24, 2.45) is 5.92 Å². The van der Waals surface area contributed by atoms with Gasteiger partial charge in [-0.1, -0.05) is 13.8 Å². The fraction of sp³-hybridized carbons (Fsp3) is 0.800. The third kappa shape index (κ3) is 12.5. The van der Waals surface area contributed by atoms with E-state index in [1.165, 1.54) is 0 Å². The first-order valence-corrected chi connectivity index (χ1v) is 5.58. The van der Waals surface area contributed by atoms with Crippen LogP contribution >= 0.6 is 9.39 Å². The number of rotatable bonds is 7. The molecule has 0 rings (SSSR count). The van der Waals surface area contributed by atoms with Crippen molar-refractivity contribution in [1.29, 1.82) is 0 Å². The number of amides is 1. The standard InChI is InChI=1S/C10H21NO2P.W/c1-8(2)6-7-13-9(3)4-5-10(12)11-14;/h8H,4-7,14H2,1-3H3,(H,11,12);/q-1;. The van der Waals surface area contributed by atoms with E-state index >= 15 is 0 Å². The minimum atomic E-state index is 0. The summed E-state index contributed by atoms with van der Waals surface area (Å²) in [6.45, 7) is 7.02. The summed E-state index contributed by atoms with van der Waals surface area (Å²) in [4.78, 5) is 10.9. The van der Waals surface area contributed by atoms with Gasteiger partial charge in [0.1, 0.15) is 0 Å². The molecule has 0 aromatic heterocycles. The van der Waals surface area contributed by atoms with Crippen molar-refractivity contribution in [3.8, 4) is 0 Å². The van der Waals surface area contributed by atoms with Crippen LogP contribution in [0.2, 0.25) is 0 Å². The molecule has 5 heteroatoms. The maximum absolute atomic E-state index is 10.9. The van der Waals surface area contributed by atoms with Gasteiger partial charge in [0.15, 0.2) is 0 Å². The number of carbonyl (C=O) groups is 1. The molecule has 1 N–H and O–H groups in total. The zero-order valence-electron chi connectivity index (χ0n) is 9.71. The number of hydrogen-bond donors (Lipinski definition) is 1. The van der Waals surface area contributed by atoms with Crippen LogP contribution < -0.4 is 5.09 Å². The van der Waals surface area contributed by atoms with Crippen molar-refractivity contribution in [3.05, 3.63) is 6.10 Å². The average molecular weight is 402 g/mol. The van der Waals surface area contributed by atoms with Crippen molar-refractivity contribution in [3.63, 3.8) is 0 Å². The number of ether oxygens (including phenoxy) is 1. The Morgan fingerprint density at radius 3 is 2.60 bits per heavy atom. The molecule has 0 aromatic rings. The van der Waals surface area contributed by atoms with E-state index in [2.05, 4.69) is 28.3 Å². The van der Waals surface area contributed by atoms with Gasteiger partial charge >= 0.3 is 0 Å². The van der Waals surface area contributed by atoms with E-state index in [0.29, 0.717) is 18.8 Å². The molecule has 90 valence electrons. The van der Waals surface area contributed by atoms with Crippen molar-refractivity contribution >= 4 is 15.3 Å². The molecule has 0 aliphatic heterocycles. The number of carbonyl (C=O) groups excluding carboxylic acids is 1. The van der Waals surface area contributed by atoms with Crippen molar-refractivity contribution < 1.29 is 30.6 Å². The Balaban J connectivity index is 0. The van der Waals surface area contributed by atoms with E-state index in [-0.39, 0.29) is 27.0 Å². The molecule has 0 bridgehead atoms. The predicted octanol–water partition coefficient (Wildman–Crippen LogP) is 2.28. The molecule has 3 nitrogen and oxygen atoms in total. The zero-order valence-corrected chi connectivity index (χ0v) is 13.8. The minimum absolute atomic E-state index is 0. The number of nitrogens with one attached hydrogen (secondary N) is 1. The molecule has 0 fully saturated rings. The van der Waals surface area contributed by atoms with Crippen molar-refractivity contribution in [2.45, 2.75) is 40.0 Å². The van der Waals surface area contributed by atoms with E-state index in [4.69, 9.17) is 4.74 Å². The molecule has 0 aliphatic carbocycles. The van der Waals surface area contributed by atoms with Crippen LogP contribution in [0.3, 0.4) is 0 Å². The third-order valence-electron chi connectivity index (χ3n) is 1.91. The Kier molecular flexibility index (Phi) is 13.2. The molecule has 0 aromatic carbocycles. The third-order valence-corrected chi connectivity index (χ3v) is 2.23. The quantitative estimate of drug-likeness (QED) is 0.525. The summed E-state index contributed by atoms with van der Waals surface area (Å²) in [5.41, 5.74) is 0. The fourth-order valence-electron chi connectivity index (χ4n) is 0.903. The van der Waals surface area contributed by atoms with E-state index in [9.17, 15) is 4.79 Å². The summed E-state index contributed by atoms with van der Waals surface area (Å²) in [7, 11) is 2.20. The first kappa shape index (κ1) is 17.9. The molecule has 15 heavy (non-hydrogen) atoms. The molecule has 1 unspecified atom stereocenters. The monoisotopic (exact) mass is 402 g/mol. The van der Waals surface area contributed by atoms with Gasteiger partial charge in [0.25, 0.3) is 0 Å². The maximum Gasteiger partial charge on any atom is 0.220 e. The Hall–Kier alpha value is 0.548. The first-order valence-electron chi connectivity index (χ1n) is 5.01. The minimum Gasteiger partial charge on any atom is -0.549 e. The molecule has 0 aliphatic rings. The molecule has 0 radical (unpaired) electrons. The summed E-state index contributed by atoms with van der Waals surface area (Å²) >= 11 is 0. The van der Waals surface area contributed by atoms with Gasteiger partial charge in [0.2, 0.25) is 5.91 Å². The summed E-state index contributed by atoms with van der Waals surface area (Å²) in [6, 6.07) is 0. The first-order chi connectivity index (χ1) is 6.56. The molecule has 1 atom stereocenters. The van der Waals surface area contributed by atoms with Crippen molar-refractivity contribution in [2.75, 3.05) is 6.61 Å². The summed E-state index contributed by atoms with van der Waals surface area (Å²) < 4.78 is 5.48. The molecule has 1 amide bonds. The van der Waals surface area contributed by atoms with E-state index < -0.39 is 0 Å². The topological polar surface area (TPSA) is 38.3 Å². The molecular formula is C10H21NO2PW-. The van der Waals surface area contributed by atoms with Gasteiger partial charge in [-0.05, 0) is 21.7 Å². The Labute approximate surface area is 110 Å². The van der Waals surface area contributed by atoms with Gasteiger partial charge < -0.3 is 9.82 Å². The van der Waals surface area contributed by atoms with E-state index in [1.807, 2.05) is 6.92 Å². The Morgan fingerprint density at radius 2 is 2.13 bits per heavy atom. The molecule has 0 spiro atoms. The zero-order chi connectivity index (χ0) is 11.0. The van der Waals surface area contributed by atoms with Crippen LogP contribution in [0.5, 0.6) is 0 Å². The van der Waals surface area contributed by atoms with Gasteiger partial charge in [0.05, 0.1) is 0 Å². The van der Waals surface area contributed by atoms with Gasteiger partial charge in [0, 0.05) is 34.1 Å². The van der Waals surface area contributed by atoms with Crippen LogP contribution in [-0.4, -0.2) is 12.5 Å². The van der Waals surface area contributed by atoms with Gasteiger partial charge in [-0.3, -0.25) is 4.79 Å². The Bertz CT molecular complexity index is 168. The molecular weight excluding hydrogens is 381 g/mol. The van der Waals surface area contributed by atoms with Gasteiger partial charge in [-0.25, -0.2) is 0 Å².